The third-order valence-corrected chi connectivity index (χ3v) is 4.46. The van der Waals surface area contributed by atoms with Crippen LogP contribution in [0.3, 0.4) is 0 Å². The fourth-order valence-corrected chi connectivity index (χ4v) is 3.24. The number of rotatable bonds is 4. The van der Waals surface area contributed by atoms with Crippen LogP contribution in [0.25, 0.3) is 0 Å². The lowest BCUT2D eigenvalue weighted by molar-refractivity contribution is -0.137. The van der Waals surface area contributed by atoms with E-state index in [-0.39, 0.29) is 17.8 Å². The predicted molar refractivity (Wildman–Crippen MR) is 96.5 cm³/mol. The summed E-state index contributed by atoms with van der Waals surface area (Å²) in [4.78, 5) is 23.7. The van der Waals surface area contributed by atoms with Crippen molar-refractivity contribution in [2.45, 2.75) is 38.8 Å². The summed E-state index contributed by atoms with van der Waals surface area (Å²) in [6, 6.07) is 8.66. The zero-order valence-electron chi connectivity index (χ0n) is 14.7. The summed E-state index contributed by atoms with van der Waals surface area (Å²) in [6.07, 6.45) is -1.40. The second-order valence-corrected chi connectivity index (χ2v) is 6.62. The van der Waals surface area contributed by atoms with Crippen LogP contribution in [0.2, 0.25) is 0 Å². The zero-order chi connectivity index (χ0) is 19.6. The summed E-state index contributed by atoms with van der Waals surface area (Å²) < 4.78 is 38.9. The predicted octanol–water partition coefficient (Wildman–Crippen LogP) is 4.33. The van der Waals surface area contributed by atoms with E-state index in [0.29, 0.717) is 0 Å². The number of fused-ring (bicyclic) bond motifs is 1. The van der Waals surface area contributed by atoms with E-state index in [1.54, 1.807) is 0 Å². The van der Waals surface area contributed by atoms with E-state index in [1.165, 1.54) is 18.1 Å². The molecule has 0 bridgehead atoms. The largest absolute Gasteiger partial charge is 0.416 e. The third-order valence-electron chi connectivity index (χ3n) is 4.46. The lowest BCUT2D eigenvalue weighted by Gasteiger charge is -2.15. The molecular weight excluding hydrogens is 357 g/mol. The second kappa shape index (κ2) is 7.42. The van der Waals surface area contributed by atoms with Gasteiger partial charge in [-0.15, -0.1) is 0 Å². The monoisotopic (exact) mass is 376 g/mol. The van der Waals surface area contributed by atoms with Gasteiger partial charge >= 0.3 is 6.18 Å². The molecule has 0 saturated carbocycles. The standard InChI is InChI=1S/C20H19F3N2O2/c1-12(26)24-17-8-7-16(20(21,22)23)11-18(17)25-19(27)10-13-5-6-14-3-2-4-15(14)9-13/h5-9,11H,2-4,10H2,1H3,(H,24,26)(H,25,27). The van der Waals surface area contributed by atoms with Gasteiger partial charge in [0, 0.05) is 6.92 Å². The molecule has 1 aliphatic carbocycles. The van der Waals surface area contributed by atoms with Gasteiger partial charge < -0.3 is 10.6 Å². The van der Waals surface area contributed by atoms with Crippen molar-refractivity contribution in [1.29, 1.82) is 0 Å². The topological polar surface area (TPSA) is 58.2 Å². The molecule has 0 fully saturated rings. The van der Waals surface area contributed by atoms with E-state index in [2.05, 4.69) is 10.6 Å². The number of hydrogen-bond acceptors (Lipinski definition) is 2. The molecule has 2 amide bonds. The molecule has 0 aromatic heterocycles. The smallest absolute Gasteiger partial charge is 0.325 e. The molecule has 27 heavy (non-hydrogen) atoms. The second-order valence-electron chi connectivity index (χ2n) is 6.62. The molecule has 1 aliphatic rings. The SMILES string of the molecule is CC(=O)Nc1ccc(C(F)(F)F)cc1NC(=O)Cc1ccc2c(c1)CCC2. The van der Waals surface area contributed by atoms with Crippen molar-refractivity contribution >= 4 is 23.2 Å². The molecule has 4 nitrogen and oxygen atoms in total. The van der Waals surface area contributed by atoms with Gasteiger partial charge in [-0.25, -0.2) is 0 Å². The number of hydrogen-bond donors (Lipinski definition) is 2. The molecule has 3 rings (SSSR count). The van der Waals surface area contributed by atoms with E-state index < -0.39 is 23.6 Å². The Morgan fingerprint density at radius 2 is 1.70 bits per heavy atom. The molecule has 2 aromatic carbocycles. The summed E-state index contributed by atoms with van der Waals surface area (Å²) in [7, 11) is 0. The Hall–Kier alpha value is -2.83. The molecule has 7 heteroatoms. The average Bonchev–Trinajstić information content (AvgIpc) is 3.02. The fourth-order valence-electron chi connectivity index (χ4n) is 3.24. The number of benzene rings is 2. The molecule has 0 spiro atoms. The number of carbonyl (C=O) groups excluding carboxylic acids is 2. The molecule has 0 saturated heterocycles. The molecule has 2 aromatic rings. The van der Waals surface area contributed by atoms with Gasteiger partial charge in [-0.1, -0.05) is 18.2 Å². The summed E-state index contributed by atoms with van der Waals surface area (Å²) in [5.74, 6) is -0.886. The minimum absolute atomic E-state index is 0.0447. The number of carbonyl (C=O) groups is 2. The van der Waals surface area contributed by atoms with Crippen LogP contribution >= 0.6 is 0 Å². The Morgan fingerprint density at radius 3 is 2.41 bits per heavy atom. The van der Waals surface area contributed by atoms with Gasteiger partial charge in [0.2, 0.25) is 11.8 Å². The lowest BCUT2D eigenvalue weighted by Crippen LogP contribution is -2.18. The highest BCUT2D eigenvalue weighted by atomic mass is 19.4. The highest BCUT2D eigenvalue weighted by Crippen LogP contribution is 2.34. The maximum absolute atomic E-state index is 13.0. The summed E-state index contributed by atoms with van der Waals surface area (Å²) in [6.45, 7) is 1.24. The molecule has 0 aliphatic heterocycles. The number of anilines is 2. The van der Waals surface area contributed by atoms with Gasteiger partial charge in [0.05, 0.1) is 23.4 Å². The van der Waals surface area contributed by atoms with Crippen molar-refractivity contribution < 1.29 is 22.8 Å². The zero-order valence-corrected chi connectivity index (χ0v) is 14.7. The van der Waals surface area contributed by atoms with Gasteiger partial charge in [0.15, 0.2) is 0 Å². The summed E-state index contributed by atoms with van der Waals surface area (Å²) in [5, 5.41) is 4.93. The van der Waals surface area contributed by atoms with Gasteiger partial charge in [-0.2, -0.15) is 13.2 Å². The number of amides is 2. The number of halogens is 3. The first kappa shape index (κ1) is 18.9. The average molecular weight is 376 g/mol. The van der Waals surface area contributed by atoms with Gasteiger partial charge in [0.1, 0.15) is 0 Å². The van der Waals surface area contributed by atoms with Crippen molar-refractivity contribution in [3.05, 3.63) is 58.7 Å². The van der Waals surface area contributed by atoms with E-state index in [9.17, 15) is 22.8 Å². The van der Waals surface area contributed by atoms with Crippen LogP contribution in [0, 0.1) is 0 Å². The van der Waals surface area contributed by atoms with Crippen molar-refractivity contribution in [3.8, 4) is 0 Å². The fraction of sp³-hybridized carbons (Fsp3) is 0.300. The van der Waals surface area contributed by atoms with Gasteiger partial charge in [-0.3, -0.25) is 9.59 Å². The molecular formula is C20H19F3N2O2. The molecule has 0 heterocycles. The Labute approximate surface area is 154 Å². The van der Waals surface area contributed by atoms with Crippen LogP contribution in [0.5, 0.6) is 0 Å². The Morgan fingerprint density at radius 1 is 0.963 bits per heavy atom. The molecule has 2 N–H and O–H groups in total. The normalized spacial score (nSPS) is 13.2. The quantitative estimate of drug-likeness (QED) is 0.834. The van der Waals surface area contributed by atoms with Crippen LogP contribution in [-0.2, 0) is 35.0 Å². The molecule has 142 valence electrons. The summed E-state index contributed by atoms with van der Waals surface area (Å²) in [5.41, 5.74) is 2.46. The first-order chi connectivity index (χ1) is 12.7. The maximum Gasteiger partial charge on any atom is 0.416 e. The van der Waals surface area contributed by atoms with Crippen LogP contribution in [-0.4, -0.2) is 11.8 Å². The Kier molecular flexibility index (Phi) is 5.21. The van der Waals surface area contributed by atoms with Gasteiger partial charge in [-0.05, 0) is 54.2 Å². The maximum atomic E-state index is 13.0. The van der Waals surface area contributed by atoms with Crippen LogP contribution in [0.1, 0.15) is 35.6 Å². The van der Waals surface area contributed by atoms with E-state index in [1.807, 2.05) is 18.2 Å². The van der Waals surface area contributed by atoms with Crippen molar-refractivity contribution in [3.63, 3.8) is 0 Å². The number of nitrogens with one attached hydrogen (secondary N) is 2. The Bertz CT molecular complexity index is 891. The van der Waals surface area contributed by atoms with E-state index in [0.717, 1.165) is 43.0 Å². The number of alkyl halides is 3. The van der Waals surface area contributed by atoms with Crippen LogP contribution in [0.15, 0.2) is 36.4 Å². The first-order valence-electron chi connectivity index (χ1n) is 8.62. The van der Waals surface area contributed by atoms with E-state index in [4.69, 9.17) is 0 Å². The highest BCUT2D eigenvalue weighted by Gasteiger charge is 2.31. The molecule has 0 atom stereocenters. The van der Waals surface area contributed by atoms with Crippen molar-refractivity contribution in [2.24, 2.45) is 0 Å². The Balaban J connectivity index is 1.80. The van der Waals surface area contributed by atoms with Gasteiger partial charge in [0.25, 0.3) is 0 Å². The number of aryl methyl sites for hydroxylation is 2. The van der Waals surface area contributed by atoms with Crippen molar-refractivity contribution in [2.75, 3.05) is 10.6 Å². The third kappa shape index (κ3) is 4.67. The minimum atomic E-state index is -4.55. The first-order valence-corrected chi connectivity index (χ1v) is 8.62. The highest BCUT2D eigenvalue weighted by molar-refractivity contribution is 5.99. The van der Waals surface area contributed by atoms with Crippen LogP contribution < -0.4 is 10.6 Å². The van der Waals surface area contributed by atoms with Crippen LogP contribution in [0.4, 0.5) is 24.5 Å². The minimum Gasteiger partial charge on any atom is -0.325 e. The van der Waals surface area contributed by atoms with E-state index >= 15 is 0 Å². The molecule has 0 unspecified atom stereocenters. The molecule has 0 radical (unpaired) electrons. The van der Waals surface area contributed by atoms with Crippen molar-refractivity contribution in [1.82, 2.24) is 0 Å². The lowest BCUT2D eigenvalue weighted by atomic mass is 10.0. The summed E-state index contributed by atoms with van der Waals surface area (Å²) >= 11 is 0.